The molecule has 0 amide bonds. The fourth-order valence-electron chi connectivity index (χ4n) is 5.14. The van der Waals surface area contributed by atoms with Crippen molar-refractivity contribution in [2.75, 3.05) is 0 Å². The lowest BCUT2D eigenvalue weighted by atomic mass is 9.75. The SMILES string of the molecule is CC1(C)c2ccccc2Oc2cc(-c3ccc(-c4ccc5oc6ccccc6c5c4)s3)ccc21. The largest absolute Gasteiger partial charge is 0.457 e. The predicted octanol–water partition coefficient (Wildman–Crippen LogP) is 9.41. The third-order valence-corrected chi connectivity index (χ3v) is 8.17. The molecule has 0 unspecified atom stereocenters. The molecule has 0 N–H and O–H groups in total. The topological polar surface area (TPSA) is 22.4 Å². The minimum atomic E-state index is -0.0912. The van der Waals surface area contributed by atoms with Crippen LogP contribution in [-0.2, 0) is 5.41 Å². The van der Waals surface area contributed by atoms with E-state index in [1.54, 1.807) is 11.3 Å². The molecule has 0 radical (unpaired) electrons. The third kappa shape index (κ3) is 2.87. The van der Waals surface area contributed by atoms with Crippen molar-refractivity contribution < 1.29 is 9.15 Å². The van der Waals surface area contributed by atoms with E-state index < -0.39 is 0 Å². The van der Waals surface area contributed by atoms with Crippen molar-refractivity contribution >= 4 is 33.3 Å². The predicted molar refractivity (Wildman–Crippen MR) is 141 cm³/mol. The van der Waals surface area contributed by atoms with Gasteiger partial charge in [0.15, 0.2) is 0 Å². The van der Waals surface area contributed by atoms with Crippen LogP contribution in [-0.4, -0.2) is 0 Å². The van der Waals surface area contributed by atoms with Gasteiger partial charge < -0.3 is 9.15 Å². The molecular weight excluding hydrogens is 436 g/mol. The zero-order chi connectivity index (χ0) is 22.9. The molecule has 0 aliphatic carbocycles. The summed E-state index contributed by atoms with van der Waals surface area (Å²) in [5.41, 5.74) is 6.61. The van der Waals surface area contributed by atoms with Gasteiger partial charge in [0.05, 0.1) is 0 Å². The van der Waals surface area contributed by atoms with Gasteiger partial charge in [0.25, 0.3) is 0 Å². The summed E-state index contributed by atoms with van der Waals surface area (Å²) in [6.45, 7) is 4.54. The van der Waals surface area contributed by atoms with Crippen LogP contribution in [0.1, 0.15) is 25.0 Å². The summed E-state index contributed by atoms with van der Waals surface area (Å²) in [4.78, 5) is 2.47. The van der Waals surface area contributed by atoms with Crippen molar-refractivity contribution in [3.8, 4) is 32.4 Å². The molecular formula is C31H22O2S. The second-order valence-corrected chi connectivity index (χ2v) is 10.5. The van der Waals surface area contributed by atoms with Crippen molar-refractivity contribution in [1.29, 1.82) is 0 Å². The maximum atomic E-state index is 6.34. The number of benzene rings is 4. The van der Waals surface area contributed by atoms with E-state index in [1.807, 2.05) is 18.2 Å². The first-order chi connectivity index (χ1) is 16.6. The van der Waals surface area contributed by atoms with Gasteiger partial charge in [-0.3, -0.25) is 0 Å². The average molecular weight is 459 g/mol. The van der Waals surface area contributed by atoms with Crippen LogP contribution in [0, 0.1) is 0 Å². The molecule has 34 heavy (non-hydrogen) atoms. The van der Waals surface area contributed by atoms with Gasteiger partial charge in [-0.1, -0.05) is 62.4 Å². The van der Waals surface area contributed by atoms with Crippen LogP contribution in [0.4, 0.5) is 0 Å². The standard InChI is InChI=1S/C31H22O2S/c1-31(2)23-8-4-6-10-27(23)33-28-18-20(11-13-24(28)31)30-16-15-29(34-30)19-12-14-26-22(17-19)21-7-3-5-9-25(21)32-26/h3-18H,1-2H3. The number of furan rings is 1. The number of thiophene rings is 1. The van der Waals surface area contributed by atoms with E-state index in [2.05, 4.69) is 92.7 Å². The zero-order valence-electron chi connectivity index (χ0n) is 19.0. The molecule has 2 nitrogen and oxygen atoms in total. The first-order valence-corrected chi connectivity index (χ1v) is 12.3. The Hall–Kier alpha value is -3.82. The Kier molecular flexibility index (Phi) is 4.09. The van der Waals surface area contributed by atoms with E-state index in [0.717, 1.165) is 33.4 Å². The zero-order valence-corrected chi connectivity index (χ0v) is 19.8. The Bertz CT molecular complexity index is 1720. The van der Waals surface area contributed by atoms with Crippen LogP contribution in [0.2, 0.25) is 0 Å². The van der Waals surface area contributed by atoms with E-state index in [0.29, 0.717) is 0 Å². The number of rotatable bonds is 2. The Balaban J connectivity index is 1.28. The maximum Gasteiger partial charge on any atom is 0.135 e. The van der Waals surface area contributed by atoms with Crippen molar-refractivity contribution in [3.05, 3.63) is 108 Å². The quantitative estimate of drug-likeness (QED) is 0.258. The highest BCUT2D eigenvalue weighted by atomic mass is 32.1. The second-order valence-electron chi connectivity index (χ2n) is 9.41. The number of ether oxygens (including phenoxy) is 1. The highest BCUT2D eigenvalue weighted by Gasteiger charge is 2.34. The second kappa shape index (κ2) is 7.09. The summed E-state index contributed by atoms with van der Waals surface area (Å²) in [6, 6.07) is 34.1. The van der Waals surface area contributed by atoms with Gasteiger partial charge >= 0.3 is 0 Å². The average Bonchev–Trinajstić information content (AvgIpc) is 3.49. The highest BCUT2D eigenvalue weighted by Crippen LogP contribution is 2.49. The van der Waals surface area contributed by atoms with E-state index in [1.165, 1.54) is 32.0 Å². The van der Waals surface area contributed by atoms with E-state index in [-0.39, 0.29) is 5.41 Å². The maximum absolute atomic E-state index is 6.34. The van der Waals surface area contributed by atoms with Gasteiger partial charge in [-0.2, -0.15) is 0 Å². The molecule has 0 saturated carbocycles. The summed E-state index contributed by atoms with van der Waals surface area (Å²) >= 11 is 1.81. The summed E-state index contributed by atoms with van der Waals surface area (Å²) < 4.78 is 12.3. The first kappa shape index (κ1) is 19.6. The van der Waals surface area contributed by atoms with Crippen LogP contribution in [0.25, 0.3) is 42.8 Å². The fourth-order valence-corrected chi connectivity index (χ4v) is 6.14. The lowest BCUT2D eigenvalue weighted by molar-refractivity contribution is 0.418. The van der Waals surface area contributed by atoms with Crippen molar-refractivity contribution in [2.24, 2.45) is 0 Å². The molecule has 0 saturated heterocycles. The van der Waals surface area contributed by atoms with Gasteiger partial charge in [-0.15, -0.1) is 11.3 Å². The molecule has 4 aromatic carbocycles. The van der Waals surface area contributed by atoms with Gasteiger partial charge in [0.1, 0.15) is 22.7 Å². The van der Waals surface area contributed by atoms with Gasteiger partial charge in [0.2, 0.25) is 0 Å². The summed E-state index contributed by atoms with van der Waals surface area (Å²) in [5.74, 6) is 1.90. The van der Waals surface area contributed by atoms with Gasteiger partial charge in [-0.25, -0.2) is 0 Å². The third-order valence-electron chi connectivity index (χ3n) is 6.99. The molecule has 0 fully saturated rings. The molecule has 164 valence electrons. The summed E-state index contributed by atoms with van der Waals surface area (Å²) in [6.07, 6.45) is 0. The first-order valence-electron chi connectivity index (χ1n) is 11.5. The van der Waals surface area contributed by atoms with Crippen LogP contribution in [0.15, 0.2) is 101 Å². The van der Waals surface area contributed by atoms with Crippen molar-refractivity contribution in [2.45, 2.75) is 19.3 Å². The number of hydrogen-bond donors (Lipinski definition) is 0. The number of hydrogen-bond acceptors (Lipinski definition) is 3. The van der Waals surface area contributed by atoms with Crippen LogP contribution in [0.5, 0.6) is 11.5 Å². The molecule has 0 bridgehead atoms. The lowest BCUT2D eigenvalue weighted by Gasteiger charge is -2.34. The van der Waals surface area contributed by atoms with E-state index >= 15 is 0 Å². The van der Waals surface area contributed by atoms with Crippen LogP contribution < -0.4 is 4.74 Å². The van der Waals surface area contributed by atoms with Gasteiger partial charge in [0, 0.05) is 37.1 Å². The smallest absolute Gasteiger partial charge is 0.135 e. The lowest BCUT2D eigenvalue weighted by Crippen LogP contribution is -2.24. The molecule has 0 atom stereocenters. The van der Waals surface area contributed by atoms with Crippen LogP contribution in [0.3, 0.4) is 0 Å². The Labute approximate surface area is 202 Å². The Morgan fingerprint density at radius 1 is 0.588 bits per heavy atom. The van der Waals surface area contributed by atoms with E-state index in [4.69, 9.17) is 9.15 Å². The molecule has 6 aromatic rings. The molecule has 0 spiro atoms. The van der Waals surface area contributed by atoms with Crippen LogP contribution >= 0.6 is 11.3 Å². The van der Waals surface area contributed by atoms with Crippen molar-refractivity contribution in [1.82, 2.24) is 0 Å². The molecule has 3 heterocycles. The fraction of sp³-hybridized carbons (Fsp3) is 0.0968. The number of fused-ring (bicyclic) bond motifs is 5. The normalized spacial score (nSPS) is 14.1. The molecule has 1 aliphatic rings. The van der Waals surface area contributed by atoms with Gasteiger partial charge in [-0.05, 0) is 59.7 Å². The highest BCUT2D eigenvalue weighted by molar-refractivity contribution is 7.18. The molecule has 2 aromatic heterocycles. The van der Waals surface area contributed by atoms with E-state index in [9.17, 15) is 0 Å². The summed E-state index contributed by atoms with van der Waals surface area (Å²) in [5, 5.41) is 2.32. The minimum Gasteiger partial charge on any atom is -0.457 e. The molecule has 1 aliphatic heterocycles. The summed E-state index contributed by atoms with van der Waals surface area (Å²) in [7, 11) is 0. The Morgan fingerprint density at radius 2 is 1.26 bits per heavy atom. The monoisotopic (exact) mass is 458 g/mol. The van der Waals surface area contributed by atoms with Crippen molar-refractivity contribution in [3.63, 3.8) is 0 Å². The molecule has 7 rings (SSSR count). The Morgan fingerprint density at radius 3 is 2.15 bits per heavy atom. The number of para-hydroxylation sites is 2. The molecule has 3 heteroatoms. The minimum absolute atomic E-state index is 0.0912.